The number of phosphoric ester groups is 1. The topological polar surface area (TPSA) is 183 Å². The van der Waals surface area contributed by atoms with Crippen LogP contribution in [0, 0.1) is 6.92 Å². The van der Waals surface area contributed by atoms with E-state index < -0.39 is 19.8 Å². The van der Waals surface area contributed by atoms with Crippen molar-refractivity contribution in [2.45, 2.75) is 38.9 Å². The lowest BCUT2D eigenvalue weighted by Crippen LogP contribution is -2.52. The summed E-state index contributed by atoms with van der Waals surface area (Å²) in [5.74, 6) is -0.660. The standard InChI is InChI=1S/C46H48N7O9P/c1-29-39(45(55)53(35-8-10-38(11-9-35)62-63(58,59)60)36-21-32-12-14-48(2)43(32)47-25-36)24-42(49(29)3)40-22-31-13-15-51(46(56)57)26-34(31)23-41(40)44(54)52-27-33-7-5-4-6-30(33)20-37(52)28-50-16-18-61-19-17-50/h4-12,14,21-25,37H,13,15-20,26-28H2,1-3H3,(H,56,57)(H2,58,59,60)/t37-/m0/s1. The minimum Gasteiger partial charge on any atom is -0.465 e. The molecule has 3 aromatic carbocycles. The molecule has 1 atom stereocenters. The molecule has 63 heavy (non-hydrogen) atoms. The predicted octanol–water partition coefficient (Wildman–Crippen LogP) is 6.27. The Morgan fingerprint density at radius 2 is 1.62 bits per heavy atom. The van der Waals surface area contributed by atoms with Crippen molar-refractivity contribution in [1.82, 2.24) is 28.8 Å². The van der Waals surface area contributed by atoms with Gasteiger partial charge >= 0.3 is 13.9 Å². The number of amides is 3. The summed E-state index contributed by atoms with van der Waals surface area (Å²) in [6, 6.07) is 23.3. The molecular formula is C46H48N7O9P. The van der Waals surface area contributed by atoms with E-state index in [1.165, 1.54) is 27.5 Å². The van der Waals surface area contributed by atoms with E-state index in [4.69, 9.17) is 9.26 Å². The minimum absolute atomic E-state index is 0.0743. The van der Waals surface area contributed by atoms with Gasteiger partial charge in [0.15, 0.2) is 0 Å². The molecule has 17 heteroatoms. The highest BCUT2D eigenvalue weighted by Gasteiger charge is 2.35. The van der Waals surface area contributed by atoms with E-state index >= 15 is 9.59 Å². The number of benzene rings is 3. The smallest absolute Gasteiger partial charge is 0.465 e. The first-order chi connectivity index (χ1) is 30.2. The molecule has 0 unspecified atom stereocenters. The minimum atomic E-state index is -4.84. The molecule has 6 aromatic rings. The fourth-order valence-electron chi connectivity index (χ4n) is 9.12. The summed E-state index contributed by atoms with van der Waals surface area (Å²) in [6.45, 7) is 6.18. The molecule has 326 valence electrons. The van der Waals surface area contributed by atoms with Gasteiger partial charge in [-0.2, -0.15) is 0 Å². The molecule has 0 radical (unpaired) electrons. The third-order valence-electron chi connectivity index (χ3n) is 12.6. The number of carbonyl (C=O) groups excluding carboxylic acids is 2. The summed E-state index contributed by atoms with van der Waals surface area (Å²) in [7, 11) is -1.10. The van der Waals surface area contributed by atoms with Gasteiger partial charge in [-0.3, -0.25) is 29.2 Å². The lowest BCUT2D eigenvalue weighted by atomic mass is 9.89. The molecule has 9 rings (SSSR count). The van der Waals surface area contributed by atoms with E-state index in [9.17, 15) is 24.3 Å². The van der Waals surface area contributed by atoms with E-state index in [2.05, 4.69) is 22.0 Å². The second kappa shape index (κ2) is 16.8. The number of ether oxygens (including phenoxy) is 1. The molecule has 0 spiro atoms. The van der Waals surface area contributed by atoms with Crippen molar-refractivity contribution < 1.29 is 43.1 Å². The molecule has 3 N–H and O–H groups in total. The van der Waals surface area contributed by atoms with Crippen LogP contribution in [0.4, 0.5) is 16.2 Å². The number of anilines is 2. The Kier molecular flexibility index (Phi) is 11.2. The highest BCUT2D eigenvalue weighted by atomic mass is 31.2. The van der Waals surface area contributed by atoms with Gasteiger partial charge in [0.05, 0.1) is 30.7 Å². The summed E-state index contributed by atoms with van der Waals surface area (Å²) in [5.41, 5.74) is 8.20. The van der Waals surface area contributed by atoms with Gasteiger partial charge in [0.1, 0.15) is 11.4 Å². The Labute approximate surface area is 363 Å². The number of fused-ring (bicyclic) bond motifs is 3. The first-order valence-electron chi connectivity index (χ1n) is 20.8. The highest BCUT2D eigenvalue weighted by Crippen LogP contribution is 2.40. The van der Waals surface area contributed by atoms with Crippen molar-refractivity contribution in [3.05, 3.63) is 130 Å². The molecule has 1 saturated heterocycles. The number of aromatic nitrogens is 3. The number of pyridine rings is 1. The number of carboxylic acid groups (broad SMARTS) is 1. The molecule has 6 heterocycles. The molecule has 0 saturated carbocycles. The third kappa shape index (κ3) is 8.35. The quantitative estimate of drug-likeness (QED) is 0.139. The normalized spacial score (nSPS) is 16.7. The maximum absolute atomic E-state index is 15.4. The SMILES string of the molecule is Cc1c(C(=O)N(c2ccc(OP(=O)(O)O)cc2)c2cnc3c(ccn3C)c2)cc(-c2cc3c(cc2C(=O)N2Cc4ccccc4C[C@H]2CN2CCOCC2)CN(C(=O)O)CC3)n1C. The summed E-state index contributed by atoms with van der Waals surface area (Å²) in [4.78, 5) is 73.4. The van der Waals surface area contributed by atoms with Crippen LogP contribution in [0.25, 0.3) is 22.3 Å². The van der Waals surface area contributed by atoms with Crippen molar-refractivity contribution in [2.24, 2.45) is 14.1 Å². The Morgan fingerprint density at radius 1 is 0.873 bits per heavy atom. The molecular weight excluding hydrogens is 826 g/mol. The van der Waals surface area contributed by atoms with Crippen LogP contribution in [-0.4, -0.2) is 107 Å². The summed E-state index contributed by atoms with van der Waals surface area (Å²) < 4.78 is 25.8. The second-order valence-electron chi connectivity index (χ2n) is 16.4. The molecule has 1 fully saturated rings. The number of nitrogens with zero attached hydrogens (tertiary/aromatic N) is 7. The largest absolute Gasteiger partial charge is 0.524 e. The number of carbonyl (C=O) groups is 3. The molecule has 16 nitrogen and oxygen atoms in total. The summed E-state index contributed by atoms with van der Waals surface area (Å²) in [5, 5.41) is 10.8. The first kappa shape index (κ1) is 42.0. The van der Waals surface area contributed by atoms with Gasteiger partial charge in [0.25, 0.3) is 11.8 Å². The zero-order valence-electron chi connectivity index (χ0n) is 35.2. The van der Waals surface area contributed by atoms with Gasteiger partial charge in [-0.25, -0.2) is 14.3 Å². The fourth-order valence-corrected chi connectivity index (χ4v) is 9.52. The zero-order chi connectivity index (χ0) is 44.2. The van der Waals surface area contributed by atoms with Crippen molar-refractivity contribution in [2.75, 3.05) is 44.3 Å². The average Bonchev–Trinajstić information content (AvgIpc) is 3.79. The van der Waals surface area contributed by atoms with Crippen molar-refractivity contribution in [1.29, 1.82) is 0 Å². The van der Waals surface area contributed by atoms with Gasteiger partial charge in [0, 0.05) is 99.2 Å². The number of phosphoric acid groups is 1. The van der Waals surface area contributed by atoms with E-state index in [1.807, 2.05) is 77.6 Å². The lowest BCUT2D eigenvalue weighted by molar-refractivity contribution is 0.0193. The number of hydrogen-bond donors (Lipinski definition) is 3. The maximum Gasteiger partial charge on any atom is 0.524 e. The van der Waals surface area contributed by atoms with Crippen LogP contribution in [0.15, 0.2) is 91.3 Å². The van der Waals surface area contributed by atoms with E-state index in [0.29, 0.717) is 85.1 Å². The van der Waals surface area contributed by atoms with E-state index in [0.717, 1.165) is 40.8 Å². The Bertz CT molecular complexity index is 2810. The first-order valence-corrected chi connectivity index (χ1v) is 22.3. The molecule has 0 bridgehead atoms. The van der Waals surface area contributed by atoms with Crippen molar-refractivity contribution >= 4 is 48.1 Å². The fraction of sp³-hybridized carbons (Fsp3) is 0.304. The predicted molar refractivity (Wildman–Crippen MR) is 235 cm³/mol. The van der Waals surface area contributed by atoms with Gasteiger partial charge < -0.3 is 33.3 Å². The van der Waals surface area contributed by atoms with Gasteiger partial charge in [-0.1, -0.05) is 24.3 Å². The molecule has 3 aliphatic rings. The molecule has 3 aromatic heterocycles. The van der Waals surface area contributed by atoms with Crippen LogP contribution in [0.5, 0.6) is 5.75 Å². The third-order valence-corrected chi connectivity index (χ3v) is 13.0. The van der Waals surface area contributed by atoms with Gasteiger partial charge in [0.2, 0.25) is 0 Å². The van der Waals surface area contributed by atoms with Crippen molar-refractivity contribution in [3.8, 4) is 17.0 Å². The zero-order valence-corrected chi connectivity index (χ0v) is 36.1. The monoisotopic (exact) mass is 873 g/mol. The van der Waals surface area contributed by atoms with E-state index in [-0.39, 0.29) is 24.2 Å². The van der Waals surface area contributed by atoms with Crippen LogP contribution < -0.4 is 9.42 Å². The number of aryl methyl sites for hydroxylation is 1. The molecule has 3 aliphatic heterocycles. The summed E-state index contributed by atoms with van der Waals surface area (Å²) >= 11 is 0. The number of hydrogen-bond acceptors (Lipinski definition) is 8. The highest BCUT2D eigenvalue weighted by molar-refractivity contribution is 7.46. The number of morpholine rings is 1. The molecule has 3 amide bonds. The van der Waals surface area contributed by atoms with Crippen LogP contribution in [0.2, 0.25) is 0 Å². The van der Waals surface area contributed by atoms with Crippen LogP contribution >= 0.6 is 7.82 Å². The van der Waals surface area contributed by atoms with Gasteiger partial charge in [-0.05, 0) is 96.6 Å². The van der Waals surface area contributed by atoms with Crippen LogP contribution in [0.3, 0.4) is 0 Å². The van der Waals surface area contributed by atoms with Crippen LogP contribution in [0.1, 0.15) is 48.7 Å². The second-order valence-corrected chi connectivity index (χ2v) is 17.6. The lowest BCUT2D eigenvalue weighted by Gasteiger charge is -2.41. The van der Waals surface area contributed by atoms with Crippen molar-refractivity contribution in [3.63, 3.8) is 0 Å². The average molecular weight is 874 g/mol. The van der Waals surface area contributed by atoms with Gasteiger partial charge in [-0.15, -0.1) is 0 Å². The summed E-state index contributed by atoms with van der Waals surface area (Å²) in [6.07, 6.45) is 3.59. The molecule has 0 aliphatic carbocycles. The number of rotatable bonds is 9. The Morgan fingerprint density at radius 3 is 2.35 bits per heavy atom. The Hall–Kier alpha value is -6.29. The Balaban J connectivity index is 1.15. The van der Waals surface area contributed by atoms with Crippen LogP contribution in [-0.2, 0) is 49.3 Å². The van der Waals surface area contributed by atoms with E-state index in [1.54, 1.807) is 24.4 Å². The maximum atomic E-state index is 15.4.